The average Bonchev–Trinajstić information content (AvgIpc) is 2.51. The van der Waals surface area contributed by atoms with E-state index >= 15 is 0 Å². The summed E-state index contributed by atoms with van der Waals surface area (Å²) >= 11 is 0. The summed E-state index contributed by atoms with van der Waals surface area (Å²) in [7, 11) is 0. The van der Waals surface area contributed by atoms with E-state index in [9.17, 15) is 18.7 Å². The molecule has 4 nitrogen and oxygen atoms in total. The molecule has 6 heteroatoms. The number of hydrogen-bond acceptors (Lipinski definition) is 3. The Kier molecular flexibility index (Phi) is 6.27. The molecule has 0 radical (unpaired) electrons. The van der Waals surface area contributed by atoms with Gasteiger partial charge < -0.3 is 10.4 Å². The van der Waals surface area contributed by atoms with Crippen LogP contribution in [0.5, 0.6) is 0 Å². The summed E-state index contributed by atoms with van der Waals surface area (Å²) in [6.45, 7) is 1.24. The number of carbonyl (C=O) groups excluding carboxylic acids is 1. The van der Waals surface area contributed by atoms with Gasteiger partial charge in [0.1, 0.15) is 11.6 Å². The van der Waals surface area contributed by atoms with Crippen molar-refractivity contribution in [2.24, 2.45) is 0 Å². The lowest BCUT2D eigenvalue weighted by Gasteiger charge is -2.33. The molecule has 122 valence electrons. The monoisotopic (exact) mass is 312 g/mol. The first-order chi connectivity index (χ1) is 10.6. The SMILES string of the molecule is O=C(CN1CCCCC1CO)NCCc1c(F)cccc1F. The molecule has 2 rings (SSSR count). The van der Waals surface area contributed by atoms with E-state index in [1.807, 2.05) is 4.90 Å². The van der Waals surface area contributed by atoms with Gasteiger partial charge in [-0.25, -0.2) is 8.78 Å². The lowest BCUT2D eigenvalue weighted by molar-refractivity contribution is -0.123. The smallest absolute Gasteiger partial charge is 0.234 e. The molecular weight excluding hydrogens is 290 g/mol. The second kappa shape index (κ2) is 8.19. The molecule has 1 atom stereocenters. The van der Waals surface area contributed by atoms with Crippen molar-refractivity contribution < 1.29 is 18.7 Å². The molecule has 1 aliphatic heterocycles. The topological polar surface area (TPSA) is 52.6 Å². The first-order valence-corrected chi connectivity index (χ1v) is 7.66. The van der Waals surface area contributed by atoms with Crippen molar-refractivity contribution in [3.8, 4) is 0 Å². The maximum Gasteiger partial charge on any atom is 0.234 e. The molecule has 1 amide bonds. The van der Waals surface area contributed by atoms with Gasteiger partial charge in [0.05, 0.1) is 13.2 Å². The normalized spacial score (nSPS) is 19.1. The van der Waals surface area contributed by atoms with E-state index in [1.54, 1.807) is 0 Å². The van der Waals surface area contributed by atoms with E-state index in [1.165, 1.54) is 18.2 Å². The molecule has 0 saturated carbocycles. The van der Waals surface area contributed by atoms with Crippen molar-refractivity contribution >= 4 is 5.91 Å². The van der Waals surface area contributed by atoms with Crippen LogP contribution in [-0.2, 0) is 11.2 Å². The molecule has 2 N–H and O–H groups in total. The summed E-state index contributed by atoms with van der Waals surface area (Å²) in [5.41, 5.74) is -0.00555. The zero-order valence-electron chi connectivity index (χ0n) is 12.5. The van der Waals surface area contributed by atoms with Gasteiger partial charge in [-0.3, -0.25) is 9.69 Å². The van der Waals surface area contributed by atoms with Gasteiger partial charge in [-0.2, -0.15) is 0 Å². The molecule has 0 bridgehead atoms. The minimum Gasteiger partial charge on any atom is -0.395 e. The Morgan fingerprint density at radius 1 is 1.32 bits per heavy atom. The minimum absolute atomic E-state index is 0.00555. The Balaban J connectivity index is 1.78. The minimum atomic E-state index is -0.592. The number of amides is 1. The third-order valence-corrected chi connectivity index (χ3v) is 4.07. The molecule has 1 aromatic rings. The second-order valence-corrected chi connectivity index (χ2v) is 5.60. The highest BCUT2D eigenvalue weighted by molar-refractivity contribution is 5.78. The Bertz CT molecular complexity index is 491. The van der Waals surface area contributed by atoms with Crippen molar-refractivity contribution in [1.29, 1.82) is 0 Å². The molecule has 1 unspecified atom stereocenters. The van der Waals surface area contributed by atoms with Gasteiger partial charge in [-0.05, 0) is 37.9 Å². The number of halogens is 2. The maximum absolute atomic E-state index is 13.5. The van der Waals surface area contributed by atoms with E-state index in [4.69, 9.17) is 0 Å². The molecule has 0 aliphatic carbocycles. The zero-order chi connectivity index (χ0) is 15.9. The van der Waals surface area contributed by atoms with Crippen molar-refractivity contribution in [2.45, 2.75) is 31.7 Å². The van der Waals surface area contributed by atoms with Crippen LogP contribution in [0.1, 0.15) is 24.8 Å². The fraction of sp³-hybridized carbons (Fsp3) is 0.562. The number of benzene rings is 1. The number of rotatable bonds is 6. The highest BCUT2D eigenvalue weighted by atomic mass is 19.1. The number of piperidine rings is 1. The Morgan fingerprint density at radius 2 is 2.05 bits per heavy atom. The van der Waals surface area contributed by atoms with Crippen molar-refractivity contribution in [2.75, 3.05) is 26.2 Å². The summed E-state index contributed by atoms with van der Waals surface area (Å²) < 4.78 is 26.9. The molecule has 1 aliphatic rings. The van der Waals surface area contributed by atoms with Gasteiger partial charge in [0.15, 0.2) is 0 Å². The summed E-state index contributed by atoms with van der Waals surface area (Å²) in [5, 5.41) is 12.0. The molecule has 0 spiro atoms. The number of carbonyl (C=O) groups is 1. The first-order valence-electron chi connectivity index (χ1n) is 7.66. The molecule has 1 saturated heterocycles. The molecular formula is C16H22F2N2O2. The Labute approximate surface area is 129 Å². The summed E-state index contributed by atoms with van der Waals surface area (Å²) in [6.07, 6.45) is 3.10. The highest BCUT2D eigenvalue weighted by Gasteiger charge is 2.23. The van der Waals surface area contributed by atoms with Crippen LogP contribution in [0.4, 0.5) is 8.78 Å². The summed E-state index contributed by atoms with van der Waals surface area (Å²) in [4.78, 5) is 13.9. The standard InChI is InChI=1S/C16H22F2N2O2/c17-14-5-3-6-15(18)13(14)7-8-19-16(22)10-20-9-2-1-4-12(20)11-21/h3,5-6,12,21H,1-2,4,7-11H2,(H,19,22). The summed E-state index contributed by atoms with van der Waals surface area (Å²) in [6, 6.07) is 3.76. The maximum atomic E-state index is 13.5. The number of nitrogens with zero attached hydrogens (tertiary/aromatic N) is 1. The van der Waals surface area contributed by atoms with Crippen LogP contribution in [0, 0.1) is 11.6 Å². The molecule has 1 heterocycles. The number of aliphatic hydroxyl groups is 1. The van der Waals surface area contributed by atoms with Gasteiger partial charge in [0.2, 0.25) is 5.91 Å². The van der Waals surface area contributed by atoms with Crippen LogP contribution in [-0.4, -0.2) is 48.2 Å². The number of aliphatic hydroxyl groups excluding tert-OH is 1. The number of nitrogens with one attached hydrogen (secondary N) is 1. The van der Waals surface area contributed by atoms with E-state index < -0.39 is 11.6 Å². The fourth-order valence-corrected chi connectivity index (χ4v) is 2.81. The molecule has 1 aromatic carbocycles. The third kappa shape index (κ3) is 4.48. The Hall–Kier alpha value is -1.53. The Morgan fingerprint density at radius 3 is 2.73 bits per heavy atom. The van der Waals surface area contributed by atoms with Gasteiger partial charge in [-0.1, -0.05) is 12.5 Å². The fourth-order valence-electron chi connectivity index (χ4n) is 2.81. The van der Waals surface area contributed by atoms with E-state index in [0.717, 1.165) is 25.8 Å². The lowest BCUT2D eigenvalue weighted by atomic mass is 10.0. The van der Waals surface area contributed by atoms with Gasteiger partial charge in [0, 0.05) is 18.2 Å². The van der Waals surface area contributed by atoms with Crippen molar-refractivity contribution in [3.63, 3.8) is 0 Å². The predicted octanol–water partition coefficient (Wildman–Crippen LogP) is 1.47. The van der Waals surface area contributed by atoms with E-state index in [-0.39, 0.29) is 43.6 Å². The molecule has 0 aromatic heterocycles. The quantitative estimate of drug-likeness (QED) is 0.836. The molecule has 22 heavy (non-hydrogen) atoms. The number of likely N-dealkylation sites (tertiary alicyclic amines) is 1. The number of hydrogen-bond donors (Lipinski definition) is 2. The molecule has 1 fully saturated rings. The first kappa shape index (κ1) is 16.8. The van der Waals surface area contributed by atoms with E-state index in [2.05, 4.69) is 5.32 Å². The van der Waals surface area contributed by atoms with Crippen LogP contribution >= 0.6 is 0 Å². The zero-order valence-corrected chi connectivity index (χ0v) is 12.5. The van der Waals surface area contributed by atoms with Crippen LogP contribution in [0.25, 0.3) is 0 Å². The van der Waals surface area contributed by atoms with Crippen molar-refractivity contribution in [3.05, 3.63) is 35.4 Å². The van der Waals surface area contributed by atoms with Crippen LogP contribution < -0.4 is 5.32 Å². The van der Waals surface area contributed by atoms with Gasteiger partial charge in [-0.15, -0.1) is 0 Å². The average molecular weight is 312 g/mol. The van der Waals surface area contributed by atoms with Crippen LogP contribution in [0.2, 0.25) is 0 Å². The largest absolute Gasteiger partial charge is 0.395 e. The summed E-state index contributed by atoms with van der Waals surface area (Å²) in [5.74, 6) is -1.37. The van der Waals surface area contributed by atoms with Crippen LogP contribution in [0.3, 0.4) is 0 Å². The van der Waals surface area contributed by atoms with Gasteiger partial charge >= 0.3 is 0 Å². The van der Waals surface area contributed by atoms with Crippen molar-refractivity contribution in [1.82, 2.24) is 10.2 Å². The van der Waals surface area contributed by atoms with E-state index in [0.29, 0.717) is 0 Å². The van der Waals surface area contributed by atoms with Gasteiger partial charge in [0.25, 0.3) is 0 Å². The third-order valence-electron chi connectivity index (χ3n) is 4.07. The highest BCUT2D eigenvalue weighted by Crippen LogP contribution is 2.16. The second-order valence-electron chi connectivity index (χ2n) is 5.60. The van der Waals surface area contributed by atoms with Crippen LogP contribution in [0.15, 0.2) is 18.2 Å². The lowest BCUT2D eigenvalue weighted by Crippen LogP contribution is -2.47. The predicted molar refractivity (Wildman–Crippen MR) is 79.4 cm³/mol.